The molecule has 42 nitrogen and oxygen atoms in total. The number of aromatic hydroxyl groups is 2. The van der Waals surface area contributed by atoms with Gasteiger partial charge in [-0.1, -0.05) is 72.2 Å². The van der Waals surface area contributed by atoms with Gasteiger partial charge in [-0.3, -0.25) is 82.7 Å². The molecule has 2 aliphatic heterocycles. The number of phenolic OH excluding ortho intramolecular Hbond substituents is 2. The van der Waals surface area contributed by atoms with Crippen molar-refractivity contribution in [2.45, 2.75) is 255 Å². The third-order valence-electron chi connectivity index (χ3n) is 20.3. The van der Waals surface area contributed by atoms with Gasteiger partial charge in [0.15, 0.2) is 11.9 Å². The zero-order chi connectivity index (χ0) is 89.6. The van der Waals surface area contributed by atoms with Crippen LogP contribution >= 0.6 is 0 Å². The Kier molecular flexibility index (Phi) is 42.4. The summed E-state index contributed by atoms with van der Waals surface area (Å²) >= 11 is 0. The molecule has 0 radical (unpaired) electrons. The van der Waals surface area contributed by atoms with Crippen molar-refractivity contribution in [3.05, 3.63) is 59.7 Å². The Labute approximate surface area is 695 Å². The van der Waals surface area contributed by atoms with Crippen LogP contribution in [0.2, 0.25) is 0 Å². The van der Waals surface area contributed by atoms with Gasteiger partial charge in [0, 0.05) is 51.9 Å². The molecule has 2 aliphatic rings. The van der Waals surface area contributed by atoms with Crippen LogP contribution in [-0.2, 0) is 89.6 Å². The lowest BCUT2D eigenvalue weighted by Gasteiger charge is -2.32. The zero-order valence-electron chi connectivity index (χ0n) is 68.8. The fraction of sp³-hybridized carbons (Fsp3) is 0.615. The Morgan fingerprint density at radius 3 is 1.27 bits per heavy atom. The molecule has 0 saturated carbocycles. The van der Waals surface area contributed by atoms with Crippen LogP contribution < -0.4 is 92.5 Å². The minimum atomic E-state index is -1.95. The van der Waals surface area contributed by atoms with Gasteiger partial charge in [0.05, 0.1) is 12.5 Å². The molecule has 0 aliphatic carbocycles. The molecule has 0 spiro atoms. The Bertz CT molecular complexity index is 3870. The fourth-order valence-corrected chi connectivity index (χ4v) is 13.6. The van der Waals surface area contributed by atoms with Crippen molar-refractivity contribution in [1.29, 1.82) is 10.8 Å². The monoisotopic (exact) mass is 1690 g/mol. The number of rotatable bonds is 53. The van der Waals surface area contributed by atoms with Gasteiger partial charge in [-0.2, -0.15) is 0 Å². The van der Waals surface area contributed by atoms with Gasteiger partial charge in [-0.05, 0) is 156 Å². The quantitative estimate of drug-likeness (QED) is 0.0174. The van der Waals surface area contributed by atoms with Crippen molar-refractivity contribution in [3.8, 4) is 11.5 Å². The van der Waals surface area contributed by atoms with Crippen molar-refractivity contribution in [1.82, 2.24) is 73.6 Å². The minimum absolute atomic E-state index is 0.00506. The van der Waals surface area contributed by atoms with Gasteiger partial charge >= 0.3 is 17.9 Å². The minimum Gasteiger partial charge on any atom is -0.508 e. The SMILES string of the molecule is CC[C@H](C)[C@H](NC(=O)[C@H](Cc1ccc(O)cc1)NC(=O)[C@@H]1CCCN1C(=O)[C@H](CCCNC(=N)N)NC(=O)[C@H](CCCNC(=N)N)NC(=O)[C@@H]1CCCN1C(=O)[C@H](CCCCN)NC(=O)[C@H](CC(N)=O)NC(=O)[C@H](CCC(=O)O)NC(=O)[C@H](Cc1ccc(O)cc1)NC(=O)[C@H](CC(C)C)NC(=O)[C@@H](N)CCC(=O)O)C(=O)N[C@@H](CC(C)C)C(=O)O. The van der Waals surface area contributed by atoms with E-state index in [1.54, 1.807) is 41.5 Å². The normalized spacial score (nSPS) is 16.7. The summed E-state index contributed by atoms with van der Waals surface area (Å²) in [6, 6.07) is -8.26. The van der Waals surface area contributed by atoms with Gasteiger partial charge in [0.25, 0.3) is 0 Å². The summed E-state index contributed by atoms with van der Waals surface area (Å²) in [4.78, 5) is 225. The van der Waals surface area contributed by atoms with Crippen LogP contribution in [0.5, 0.6) is 11.5 Å². The maximum absolute atomic E-state index is 15.1. The van der Waals surface area contributed by atoms with Gasteiger partial charge in [-0.25, -0.2) is 4.79 Å². The zero-order valence-corrected chi connectivity index (χ0v) is 68.8. The smallest absolute Gasteiger partial charge is 0.326 e. The number of benzene rings is 2. The van der Waals surface area contributed by atoms with Crippen molar-refractivity contribution >= 4 is 107 Å². The molecule has 2 heterocycles. The van der Waals surface area contributed by atoms with Crippen molar-refractivity contribution in [3.63, 3.8) is 0 Å². The largest absolute Gasteiger partial charge is 0.508 e. The topological polar surface area (TPSA) is 703 Å². The molecule has 2 aromatic carbocycles. The molecule has 120 heavy (non-hydrogen) atoms. The van der Waals surface area contributed by atoms with Gasteiger partial charge in [0.1, 0.15) is 84.0 Å². The van der Waals surface area contributed by atoms with Crippen molar-refractivity contribution < 1.29 is 102 Å². The molecule has 2 fully saturated rings. The van der Waals surface area contributed by atoms with E-state index in [4.69, 9.17) is 44.6 Å². The third kappa shape index (κ3) is 34.9. The Hall–Kier alpha value is -12.0. The maximum atomic E-state index is 15.1. The Morgan fingerprint density at radius 2 is 0.825 bits per heavy atom. The molecule has 42 heteroatoms. The van der Waals surface area contributed by atoms with E-state index < -0.39 is 217 Å². The Morgan fingerprint density at radius 1 is 0.450 bits per heavy atom. The second-order valence-electron chi connectivity index (χ2n) is 31.0. The first-order valence-corrected chi connectivity index (χ1v) is 40.4. The van der Waals surface area contributed by atoms with Gasteiger partial charge in [0.2, 0.25) is 76.8 Å². The number of carboxylic acids is 3. The predicted molar refractivity (Wildman–Crippen MR) is 435 cm³/mol. The van der Waals surface area contributed by atoms with E-state index >= 15 is 9.59 Å². The number of amides is 13. The highest BCUT2D eigenvalue weighted by Gasteiger charge is 2.44. The summed E-state index contributed by atoms with van der Waals surface area (Å²) in [6.45, 7) is 10.4. The number of nitrogens with one attached hydrogen (secondary N) is 14. The number of guanidine groups is 2. The number of nitrogens with zero attached hydrogens (tertiary/aromatic N) is 2. The van der Waals surface area contributed by atoms with Crippen molar-refractivity contribution in [2.75, 3.05) is 32.7 Å². The molecular formula is C78H123N21O21. The van der Waals surface area contributed by atoms with Crippen LogP contribution in [0.15, 0.2) is 48.5 Å². The number of carbonyl (C=O) groups excluding carboxylic acids is 13. The summed E-state index contributed by atoms with van der Waals surface area (Å²) in [5, 5.41) is 95.7. The first kappa shape index (κ1) is 100. The number of unbranched alkanes of at least 4 members (excludes halogenated alkanes) is 1. The first-order chi connectivity index (χ1) is 56.6. The molecule has 4 rings (SSSR count). The maximum Gasteiger partial charge on any atom is 0.326 e. The van der Waals surface area contributed by atoms with E-state index in [9.17, 15) is 87.5 Å². The second kappa shape index (κ2) is 50.7. The van der Waals surface area contributed by atoms with Crippen LogP contribution in [-0.4, -0.2) is 253 Å². The summed E-state index contributed by atoms with van der Waals surface area (Å²) in [7, 11) is 0. The number of hydrogen-bond acceptors (Lipinski definition) is 22. The molecule has 0 unspecified atom stereocenters. The number of likely N-dealkylation sites (tertiary alicyclic amines) is 2. The third-order valence-corrected chi connectivity index (χ3v) is 20.3. The van der Waals surface area contributed by atoms with Crippen LogP contribution in [0.4, 0.5) is 0 Å². The first-order valence-electron chi connectivity index (χ1n) is 40.4. The molecular weight excluding hydrogens is 1570 g/mol. The lowest BCUT2D eigenvalue weighted by Crippen LogP contribution is -2.61. The van der Waals surface area contributed by atoms with Gasteiger partial charge in [-0.15, -0.1) is 0 Å². The number of primary amides is 1. The van der Waals surface area contributed by atoms with Crippen LogP contribution in [0.1, 0.15) is 175 Å². The van der Waals surface area contributed by atoms with E-state index in [0.717, 1.165) is 4.90 Å². The molecule has 666 valence electrons. The number of carboxylic acid groups (broad SMARTS) is 3. The van der Waals surface area contributed by atoms with E-state index in [2.05, 4.69) is 63.8 Å². The standard InChI is InChI=1S/C78H123N21O21/c1-7-43(6)63(73(116)96-57(76(119)120)37-42(4)5)97-70(113)55(39-45-21-25-47(101)26-22-45)95-72(115)59-18-13-35-99(59)75(118)52(16-11-33-87-78(84)85)90-65(108)49(15-10-32-86-77(82)83)89-71(114)58-17-12-34-98(58)74(117)51(14-8-9-31-79)91-69(112)56(40-60(81)102)94-66(109)50(28-30-62(105)106)88-68(111)54(38-44-19-23-46(100)24-20-44)93-67(110)53(36-41(2)3)92-64(107)48(80)27-29-61(103)104/h19-26,41-43,48-59,63,100-101H,7-18,27-40,79-80H2,1-6H3,(H2,81,102)(H,88,111)(H,89,114)(H,90,108)(H,91,112)(H,92,107)(H,93,110)(H,94,109)(H,95,115)(H,96,116)(H,97,113)(H,103,104)(H,105,106)(H,119,120)(H4,82,83,86)(H4,84,85,87)/t43-,48-,49-,50-,51-,52-,53-,54-,55-,56-,57-,58-,59-,63-/m0/s1. The molecule has 2 aromatic rings. The summed E-state index contributed by atoms with van der Waals surface area (Å²) in [6.07, 6.45) is -2.76. The highest BCUT2D eigenvalue weighted by atomic mass is 16.4. The Balaban J connectivity index is 1.66. The molecule has 14 atom stereocenters. The van der Waals surface area contributed by atoms with E-state index in [1.165, 1.54) is 53.4 Å². The van der Waals surface area contributed by atoms with E-state index in [1.807, 2.05) is 0 Å². The summed E-state index contributed by atoms with van der Waals surface area (Å²) < 4.78 is 0. The molecule has 2 saturated heterocycles. The second-order valence-corrected chi connectivity index (χ2v) is 31.0. The van der Waals surface area contributed by atoms with Gasteiger partial charge < -0.3 is 128 Å². The van der Waals surface area contributed by atoms with Crippen LogP contribution in [0.25, 0.3) is 0 Å². The van der Waals surface area contributed by atoms with E-state index in [0.29, 0.717) is 24.0 Å². The lowest BCUT2D eigenvalue weighted by molar-refractivity contribution is -0.144. The highest BCUT2D eigenvalue weighted by Crippen LogP contribution is 2.25. The van der Waals surface area contributed by atoms with Crippen LogP contribution in [0.3, 0.4) is 0 Å². The molecule has 0 bridgehead atoms. The van der Waals surface area contributed by atoms with Crippen LogP contribution in [0, 0.1) is 28.6 Å². The van der Waals surface area contributed by atoms with Crippen molar-refractivity contribution in [2.24, 2.45) is 46.4 Å². The number of carbonyl (C=O) groups is 16. The summed E-state index contributed by atoms with van der Waals surface area (Å²) in [5.41, 5.74) is 29.4. The average Bonchev–Trinajstić information content (AvgIpc) is 1.63. The molecule has 0 aromatic heterocycles. The predicted octanol–water partition coefficient (Wildman–Crippen LogP) is -3.48. The average molecular weight is 1690 g/mol. The number of phenols is 2. The number of hydrogen-bond donors (Lipinski definition) is 24. The summed E-state index contributed by atoms with van der Waals surface area (Å²) in [5.74, 6) is -18.5. The number of aliphatic carboxylic acids is 3. The number of nitrogens with two attached hydrogens (primary N) is 5. The lowest BCUT2D eigenvalue weighted by atomic mass is 9.96. The molecule has 13 amide bonds. The fourth-order valence-electron chi connectivity index (χ4n) is 13.6. The van der Waals surface area contributed by atoms with E-state index in [-0.39, 0.29) is 152 Å². The molecule has 29 N–H and O–H groups in total. The highest BCUT2D eigenvalue weighted by molar-refractivity contribution is 6.01.